The molecule has 0 amide bonds. The summed E-state index contributed by atoms with van der Waals surface area (Å²) in [4.78, 5) is 0. The molecular weight excluding hydrogens is 188 g/mol. The van der Waals surface area contributed by atoms with Crippen LogP contribution in [0.5, 0.6) is 0 Å². The van der Waals surface area contributed by atoms with Gasteiger partial charge in [-0.25, -0.2) is 0 Å². The van der Waals surface area contributed by atoms with Gasteiger partial charge in [-0.3, -0.25) is 0 Å². The second-order valence-electron chi connectivity index (χ2n) is 4.35. The number of hydrogen-bond donors (Lipinski definition) is 2. The Labute approximate surface area is 92.1 Å². The maximum atomic E-state index is 8.95. The van der Waals surface area contributed by atoms with Gasteiger partial charge < -0.3 is 15.0 Å². The van der Waals surface area contributed by atoms with Gasteiger partial charge in [-0.2, -0.15) is 0 Å². The highest BCUT2D eigenvalue weighted by Crippen LogP contribution is 2.07. The van der Waals surface area contributed by atoms with Crippen molar-refractivity contribution >= 4 is 0 Å². The van der Waals surface area contributed by atoms with Gasteiger partial charge in [0.15, 0.2) is 0 Å². The molecule has 86 valence electrons. The molecule has 0 saturated heterocycles. The van der Waals surface area contributed by atoms with Crippen molar-refractivity contribution in [2.45, 2.75) is 32.9 Å². The normalized spacial score (nSPS) is 13.4. The summed E-state index contributed by atoms with van der Waals surface area (Å²) >= 11 is 0. The number of nitrogens with one attached hydrogen (secondary N) is 1. The number of nitrogens with zero attached hydrogens (tertiary/aromatic N) is 1. The van der Waals surface area contributed by atoms with Crippen LogP contribution in [0.2, 0.25) is 0 Å². The van der Waals surface area contributed by atoms with E-state index in [1.165, 1.54) is 5.69 Å². The molecule has 1 unspecified atom stereocenters. The molecule has 0 spiro atoms. The molecular formula is C12H22N2O. The van der Waals surface area contributed by atoms with Crippen molar-refractivity contribution in [2.24, 2.45) is 13.0 Å². The van der Waals surface area contributed by atoms with Crippen LogP contribution in [0.3, 0.4) is 0 Å². The topological polar surface area (TPSA) is 37.2 Å². The molecule has 0 fully saturated rings. The number of aliphatic hydroxyl groups excluding tert-OH is 1. The van der Waals surface area contributed by atoms with E-state index in [0.717, 1.165) is 13.0 Å². The molecule has 0 aromatic carbocycles. The van der Waals surface area contributed by atoms with Gasteiger partial charge in [0.2, 0.25) is 0 Å². The Kier molecular flexibility index (Phi) is 4.85. The highest BCUT2D eigenvalue weighted by atomic mass is 16.3. The van der Waals surface area contributed by atoms with Crippen LogP contribution in [0.4, 0.5) is 0 Å². The first-order valence-corrected chi connectivity index (χ1v) is 5.59. The third-order valence-electron chi connectivity index (χ3n) is 2.84. The van der Waals surface area contributed by atoms with Crippen molar-refractivity contribution in [3.05, 3.63) is 24.0 Å². The third-order valence-corrected chi connectivity index (χ3v) is 2.84. The minimum absolute atomic E-state index is 0.253. The minimum Gasteiger partial charge on any atom is -0.396 e. The second kappa shape index (κ2) is 5.93. The summed E-state index contributed by atoms with van der Waals surface area (Å²) in [5.74, 6) is 0.553. The highest BCUT2D eigenvalue weighted by molar-refractivity contribution is 5.06. The van der Waals surface area contributed by atoms with E-state index in [1.54, 1.807) is 0 Å². The lowest BCUT2D eigenvalue weighted by Crippen LogP contribution is -2.34. The van der Waals surface area contributed by atoms with Crippen molar-refractivity contribution in [3.63, 3.8) is 0 Å². The predicted octanol–water partition coefficient (Wildman–Crippen LogP) is 1.52. The summed E-state index contributed by atoms with van der Waals surface area (Å²) in [6, 6.07) is 4.56. The molecule has 3 heteroatoms. The zero-order chi connectivity index (χ0) is 11.3. The molecule has 3 nitrogen and oxygen atoms in total. The zero-order valence-corrected chi connectivity index (χ0v) is 9.90. The Balaban J connectivity index is 2.43. The fourth-order valence-corrected chi connectivity index (χ4v) is 1.73. The molecule has 0 bridgehead atoms. The smallest absolute Gasteiger partial charge is 0.0445 e. The SMILES string of the molecule is CC(C)C(CCO)NCc1cccn1C. The van der Waals surface area contributed by atoms with Gasteiger partial charge in [-0.1, -0.05) is 13.8 Å². The summed E-state index contributed by atoms with van der Waals surface area (Å²) in [6.45, 7) is 5.48. The van der Waals surface area contributed by atoms with Crippen LogP contribution >= 0.6 is 0 Å². The zero-order valence-electron chi connectivity index (χ0n) is 9.90. The standard InChI is InChI=1S/C12H22N2O/c1-10(2)12(6-8-15)13-9-11-5-4-7-14(11)3/h4-5,7,10,12-13,15H,6,8-9H2,1-3H3. The molecule has 0 aliphatic heterocycles. The molecule has 1 aromatic rings. The first kappa shape index (κ1) is 12.3. The lowest BCUT2D eigenvalue weighted by atomic mass is 10.0. The van der Waals surface area contributed by atoms with E-state index in [0.29, 0.717) is 12.0 Å². The Morgan fingerprint density at radius 2 is 2.20 bits per heavy atom. The van der Waals surface area contributed by atoms with E-state index in [9.17, 15) is 0 Å². The Morgan fingerprint density at radius 1 is 1.47 bits per heavy atom. The molecule has 1 atom stereocenters. The molecule has 1 rings (SSSR count). The maximum Gasteiger partial charge on any atom is 0.0445 e. The summed E-state index contributed by atoms with van der Waals surface area (Å²) in [6.07, 6.45) is 2.87. The van der Waals surface area contributed by atoms with Crippen LogP contribution in [0, 0.1) is 5.92 Å². The van der Waals surface area contributed by atoms with Crippen molar-refractivity contribution in [1.29, 1.82) is 0 Å². The van der Waals surface area contributed by atoms with Gasteiger partial charge in [-0.15, -0.1) is 0 Å². The molecule has 0 aliphatic rings. The van der Waals surface area contributed by atoms with E-state index in [1.807, 2.05) is 19.3 Å². The Bertz CT molecular complexity index is 281. The Hall–Kier alpha value is -0.800. The fraction of sp³-hybridized carbons (Fsp3) is 0.667. The molecule has 0 saturated carbocycles. The van der Waals surface area contributed by atoms with E-state index in [2.05, 4.69) is 29.8 Å². The fourth-order valence-electron chi connectivity index (χ4n) is 1.73. The first-order valence-electron chi connectivity index (χ1n) is 5.59. The average Bonchev–Trinajstić information content (AvgIpc) is 2.58. The maximum absolute atomic E-state index is 8.95. The largest absolute Gasteiger partial charge is 0.396 e. The highest BCUT2D eigenvalue weighted by Gasteiger charge is 2.12. The molecule has 15 heavy (non-hydrogen) atoms. The van der Waals surface area contributed by atoms with Crippen molar-refractivity contribution in [1.82, 2.24) is 9.88 Å². The van der Waals surface area contributed by atoms with Crippen LogP contribution < -0.4 is 5.32 Å². The summed E-state index contributed by atoms with van der Waals surface area (Å²) in [7, 11) is 2.05. The summed E-state index contributed by atoms with van der Waals surface area (Å²) < 4.78 is 2.11. The Morgan fingerprint density at radius 3 is 2.67 bits per heavy atom. The van der Waals surface area contributed by atoms with Crippen molar-refractivity contribution in [2.75, 3.05) is 6.61 Å². The average molecular weight is 210 g/mol. The van der Waals surface area contributed by atoms with Gasteiger partial charge >= 0.3 is 0 Å². The first-order chi connectivity index (χ1) is 7.15. The van der Waals surface area contributed by atoms with Crippen molar-refractivity contribution < 1.29 is 5.11 Å². The summed E-state index contributed by atoms with van der Waals surface area (Å²) in [5, 5.41) is 12.4. The predicted molar refractivity (Wildman–Crippen MR) is 62.6 cm³/mol. The number of aryl methyl sites for hydroxylation is 1. The van der Waals surface area contributed by atoms with E-state index >= 15 is 0 Å². The van der Waals surface area contributed by atoms with Gasteiger partial charge in [0, 0.05) is 38.1 Å². The van der Waals surface area contributed by atoms with Crippen LogP contribution in [-0.2, 0) is 13.6 Å². The second-order valence-corrected chi connectivity index (χ2v) is 4.35. The molecule has 0 aliphatic carbocycles. The van der Waals surface area contributed by atoms with Gasteiger partial charge in [-0.05, 0) is 24.5 Å². The number of aliphatic hydroxyl groups is 1. The van der Waals surface area contributed by atoms with E-state index in [4.69, 9.17) is 5.11 Å². The van der Waals surface area contributed by atoms with Crippen LogP contribution in [-0.4, -0.2) is 22.3 Å². The number of rotatable bonds is 6. The van der Waals surface area contributed by atoms with Gasteiger partial charge in [0.25, 0.3) is 0 Å². The lowest BCUT2D eigenvalue weighted by molar-refractivity contribution is 0.243. The quantitative estimate of drug-likeness (QED) is 0.747. The third kappa shape index (κ3) is 3.68. The number of hydrogen-bond acceptors (Lipinski definition) is 2. The molecule has 0 radical (unpaired) electrons. The molecule has 1 heterocycles. The van der Waals surface area contributed by atoms with Crippen LogP contribution in [0.1, 0.15) is 26.0 Å². The van der Waals surface area contributed by atoms with E-state index < -0.39 is 0 Å². The minimum atomic E-state index is 0.253. The van der Waals surface area contributed by atoms with E-state index in [-0.39, 0.29) is 6.61 Å². The van der Waals surface area contributed by atoms with Crippen molar-refractivity contribution in [3.8, 4) is 0 Å². The van der Waals surface area contributed by atoms with Crippen LogP contribution in [0.15, 0.2) is 18.3 Å². The monoisotopic (exact) mass is 210 g/mol. The lowest BCUT2D eigenvalue weighted by Gasteiger charge is -2.21. The number of aromatic nitrogens is 1. The summed E-state index contributed by atoms with van der Waals surface area (Å²) in [5.41, 5.74) is 1.28. The molecule has 2 N–H and O–H groups in total. The molecule has 1 aromatic heterocycles. The van der Waals surface area contributed by atoms with Crippen LogP contribution in [0.25, 0.3) is 0 Å². The van der Waals surface area contributed by atoms with Gasteiger partial charge in [0.1, 0.15) is 0 Å². The van der Waals surface area contributed by atoms with Gasteiger partial charge in [0.05, 0.1) is 0 Å².